The zero-order valence-electron chi connectivity index (χ0n) is 41.2. The Kier molecular flexibility index (Phi) is 18.5. The van der Waals surface area contributed by atoms with E-state index in [1.807, 2.05) is 12.2 Å². The van der Waals surface area contributed by atoms with Crippen molar-refractivity contribution in [2.24, 2.45) is 16.7 Å². The summed E-state index contributed by atoms with van der Waals surface area (Å²) in [6, 6.07) is 28.3. The summed E-state index contributed by atoms with van der Waals surface area (Å²) in [6.45, 7) is 41.8. The third-order valence-electron chi connectivity index (χ3n) is 14.7. The molecule has 4 aromatic rings. The summed E-state index contributed by atoms with van der Waals surface area (Å²) in [5, 5.41) is 10.4. The van der Waals surface area contributed by atoms with Crippen LogP contribution in [0.25, 0.3) is 0 Å². The molecule has 0 aromatic heterocycles. The maximum atomic E-state index is 10.4. The summed E-state index contributed by atoms with van der Waals surface area (Å²) >= 11 is 0. The molecule has 1 heteroatoms. The molecule has 60 heavy (non-hydrogen) atoms. The number of aliphatic hydroxyl groups excluding tert-OH is 1. The Morgan fingerprint density at radius 1 is 0.483 bits per heavy atom. The van der Waals surface area contributed by atoms with E-state index in [2.05, 4.69) is 190 Å². The third kappa shape index (κ3) is 12.2. The number of benzene rings is 4. The van der Waals surface area contributed by atoms with Gasteiger partial charge in [-0.3, -0.25) is 0 Å². The van der Waals surface area contributed by atoms with E-state index >= 15 is 0 Å². The lowest BCUT2D eigenvalue weighted by molar-refractivity contribution is 0.0560. The van der Waals surface area contributed by atoms with E-state index in [0.29, 0.717) is 5.41 Å². The van der Waals surface area contributed by atoms with Crippen LogP contribution in [0.15, 0.2) is 98.1 Å². The van der Waals surface area contributed by atoms with Gasteiger partial charge < -0.3 is 5.11 Å². The Morgan fingerprint density at radius 3 is 1.03 bits per heavy atom. The first-order valence-electron chi connectivity index (χ1n) is 23.5. The van der Waals surface area contributed by atoms with Crippen molar-refractivity contribution in [3.05, 3.63) is 165 Å². The number of rotatable bonds is 18. The fourth-order valence-electron chi connectivity index (χ4n) is 9.30. The average molecular weight is 811 g/mol. The van der Waals surface area contributed by atoms with E-state index in [1.54, 1.807) is 0 Å². The van der Waals surface area contributed by atoms with Gasteiger partial charge in [-0.05, 0) is 175 Å². The van der Waals surface area contributed by atoms with Crippen molar-refractivity contribution < 1.29 is 5.11 Å². The molecule has 0 spiro atoms. The summed E-state index contributed by atoms with van der Waals surface area (Å²) < 4.78 is 0. The van der Waals surface area contributed by atoms with Crippen LogP contribution in [0.1, 0.15) is 181 Å². The lowest BCUT2D eigenvalue weighted by Crippen LogP contribution is -2.27. The SMILES string of the molecule is C=CCc1ccc(C(CC)(CC)c2ccc(CCC(C)C(C)(C)C)c(C)c2)cc1C.C=CCc1ccc(C(CC)(CC)c2ccc(CCC(O)C(C)(C)C)c(C)c2)cc1C. The maximum absolute atomic E-state index is 10.4. The Morgan fingerprint density at radius 2 is 0.783 bits per heavy atom. The lowest BCUT2D eigenvalue weighted by atomic mass is 9.69. The number of hydrogen-bond donors (Lipinski definition) is 1. The number of allylic oxidation sites excluding steroid dienone is 2. The van der Waals surface area contributed by atoms with Crippen LogP contribution in [0.5, 0.6) is 0 Å². The van der Waals surface area contributed by atoms with Crippen LogP contribution in [0.3, 0.4) is 0 Å². The molecule has 4 aromatic carbocycles. The first-order valence-corrected chi connectivity index (χ1v) is 23.5. The van der Waals surface area contributed by atoms with E-state index in [1.165, 1.54) is 79.6 Å². The molecule has 0 aliphatic heterocycles. The molecule has 328 valence electrons. The zero-order chi connectivity index (χ0) is 45.1. The molecule has 2 atom stereocenters. The molecule has 4 rings (SSSR count). The van der Waals surface area contributed by atoms with Gasteiger partial charge in [0.1, 0.15) is 0 Å². The molecule has 0 aliphatic carbocycles. The second-order valence-corrected chi connectivity index (χ2v) is 20.4. The van der Waals surface area contributed by atoms with Gasteiger partial charge in [0.05, 0.1) is 6.10 Å². The Labute approximate surface area is 370 Å². The van der Waals surface area contributed by atoms with Crippen LogP contribution in [-0.2, 0) is 36.5 Å². The van der Waals surface area contributed by atoms with E-state index in [-0.39, 0.29) is 22.3 Å². The molecule has 1 N–H and O–H groups in total. The van der Waals surface area contributed by atoms with E-state index in [0.717, 1.165) is 57.3 Å². The molecular formula is C59H86O. The van der Waals surface area contributed by atoms with Gasteiger partial charge in [-0.2, -0.15) is 0 Å². The fraction of sp³-hybridized carbons (Fsp3) is 0.525. The van der Waals surface area contributed by atoms with Crippen molar-refractivity contribution in [1.29, 1.82) is 0 Å². The minimum Gasteiger partial charge on any atom is -0.393 e. The van der Waals surface area contributed by atoms with Crippen LogP contribution in [0, 0.1) is 44.4 Å². The Hall–Kier alpha value is -3.68. The standard InChI is InChI=1S/C30H44.C29H42O/c1-10-13-25-16-18-27(20-22(25)4)30(11-2,12-3)28-19-17-26(23(5)21-28)15-14-24(6)29(7,8)9;1-9-12-23-13-16-25(19-21(23)4)29(10-2,11-3)26-17-14-24(22(5)20-26)15-18-27(30)28(6,7)8/h10,16-21,24H,1,11-15H2,2-9H3;9,13-14,16-17,19-20,27,30H,1,10-12,15,18H2,2-8H3. The predicted octanol–water partition coefficient (Wildman–Crippen LogP) is 16.2. The van der Waals surface area contributed by atoms with E-state index in [9.17, 15) is 5.11 Å². The second kappa shape index (κ2) is 21.9. The molecular weight excluding hydrogens is 725 g/mol. The fourth-order valence-corrected chi connectivity index (χ4v) is 9.30. The quantitative estimate of drug-likeness (QED) is 0.0993. The molecule has 0 radical (unpaired) electrons. The van der Waals surface area contributed by atoms with Gasteiger partial charge in [-0.15, -0.1) is 13.2 Å². The Balaban J connectivity index is 0.000000320. The van der Waals surface area contributed by atoms with Crippen LogP contribution in [-0.4, -0.2) is 11.2 Å². The normalized spacial score (nSPS) is 13.3. The molecule has 0 fully saturated rings. The maximum Gasteiger partial charge on any atom is 0.0591 e. The van der Waals surface area contributed by atoms with Crippen molar-refractivity contribution in [1.82, 2.24) is 0 Å². The summed E-state index contributed by atoms with van der Waals surface area (Å²) in [7, 11) is 0. The van der Waals surface area contributed by atoms with Crippen molar-refractivity contribution >= 4 is 0 Å². The highest BCUT2D eigenvalue weighted by atomic mass is 16.3. The van der Waals surface area contributed by atoms with Gasteiger partial charge in [0.15, 0.2) is 0 Å². The van der Waals surface area contributed by atoms with Gasteiger partial charge >= 0.3 is 0 Å². The van der Waals surface area contributed by atoms with Crippen LogP contribution in [0.2, 0.25) is 0 Å². The smallest absolute Gasteiger partial charge is 0.0591 e. The third-order valence-corrected chi connectivity index (χ3v) is 14.7. The molecule has 1 nitrogen and oxygen atoms in total. The first-order chi connectivity index (χ1) is 28.2. The van der Waals surface area contributed by atoms with E-state index in [4.69, 9.17) is 0 Å². The van der Waals surface area contributed by atoms with Crippen molar-refractivity contribution in [2.75, 3.05) is 0 Å². The molecule has 2 unspecified atom stereocenters. The molecule has 0 saturated carbocycles. The monoisotopic (exact) mass is 811 g/mol. The zero-order valence-corrected chi connectivity index (χ0v) is 41.2. The summed E-state index contributed by atoms with van der Waals surface area (Å²) in [5.41, 5.74) is 17.3. The van der Waals surface area contributed by atoms with Crippen molar-refractivity contribution in [3.8, 4) is 0 Å². The van der Waals surface area contributed by atoms with Gasteiger partial charge in [-0.25, -0.2) is 0 Å². The highest BCUT2D eigenvalue weighted by Gasteiger charge is 2.33. The molecule has 0 saturated heterocycles. The topological polar surface area (TPSA) is 20.2 Å². The Bertz CT molecular complexity index is 1840. The van der Waals surface area contributed by atoms with Crippen molar-refractivity contribution in [3.63, 3.8) is 0 Å². The average Bonchev–Trinajstić information content (AvgIpc) is 3.20. The van der Waals surface area contributed by atoms with Crippen LogP contribution < -0.4 is 0 Å². The molecule has 0 heterocycles. The number of hydrogen-bond acceptors (Lipinski definition) is 1. The minimum absolute atomic E-state index is 0.0334. The van der Waals surface area contributed by atoms with Gasteiger partial charge in [0.2, 0.25) is 0 Å². The summed E-state index contributed by atoms with van der Waals surface area (Å²) in [6.07, 6.45) is 14.1. The molecule has 0 bridgehead atoms. The van der Waals surface area contributed by atoms with Gasteiger partial charge in [0, 0.05) is 10.8 Å². The van der Waals surface area contributed by atoms with Crippen LogP contribution in [0.4, 0.5) is 0 Å². The summed E-state index contributed by atoms with van der Waals surface area (Å²) in [4.78, 5) is 0. The number of aliphatic hydroxyl groups is 1. The van der Waals surface area contributed by atoms with Crippen molar-refractivity contribution in [2.45, 2.75) is 185 Å². The predicted molar refractivity (Wildman–Crippen MR) is 266 cm³/mol. The second-order valence-electron chi connectivity index (χ2n) is 20.4. The minimum atomic E-state index is -0.279. The largest absolute Gasteiger partial charge is 0.393 e. The molecule has 0 aliphatic rings. The van der Waals surface area contributed by atoms with Gasteiger partial charge in [-0.1, -0.05) is 161 Å². The lowest BCUT2D eigenvalue weighted by Gasteiger charge is -2.34. The van der Waals surface area contributed by atoms with Gasteiger partial charge in [0.25, 0.3) is 0 Å². The van der Waals surface area contributed by atoms with E-state index < -0.39 is 0 Å². The highest BCUT2D eigenvalue weighted by molar-refractivity contribution is 5.47. The number of aryl methyl sites for hydroxylation is 6. The summed E-state index contributed by atoms with van der Waals surface area (Å²) in [5.74, 6) is 0.721. The van der Waals surface area contributed by atoms with Crippen LogP contribution >= 0.6 is 0 Å². The first kappa shape index (κ1) is 50.7. The molecule has 0 amide bonds. The highest BCUT2D eigenvalue weighted by Crippen LogP contribution is 2.42.